The summed E-state index contributed by atoms with van der Waals surface area (Å²) in [6.45, 7) is 0. The number of para-hydroxylation sites is 4. The molecule has 15 rings (SSSR count). The van der Waals surface area contributed by atoms with Crippen molar-refractivity contribution in [3.05, 3.63) is 265 Å². The van der Waals surface area contributed by atoms with Gasteiger partial charge in [-0.1, -0.05) is 158 Å². The van der Waals surface area contributed by atoms with E-state index in [0.29, 0.717) is 11.8 Å². The molecule has 3 aliphatic carbocycles. The Balaban J connectivity index is 0.817. The van der Waals surface area contributed by atoms with Crippen molar-refractivity contribution < 1.29 is 0 Å². The van der Waals surface area contributed by atoms with Gasteiger partial charge >= 0.3 is 0 Å². The van der Waals surface area contributed by atoms with Crippen LogP contribution in [-0.4, -0.2) is 8.97 Å². The van der Waals surface area contributed by atoms with Crippen molar-refractivity contribution in [2.45, 2.75) is 24.2 Å². The maximum atomic E-state index is 2.47. The van der Waals surface area contributed by atoms with Crippen molar-refractivity contribution in [1.29, 1.82) is 0 Å². The topological polar surface area (TPSA) is 12.6 Å². The molecule has 3 unspecified atom stereocenters. The number of rotatable bonds is 6. The van der Waals surface area contributed by atoms with Crippen molar-refractivity contribution in [3.8, 4) is 27.9 Å². The fourth-order valence-corrected chi connectivity index (χ4v) is 12.4. The van der Waals surface area contributed by atoms with Gasteiger partial charge in [0.1, 0.15) is 0 Å². The molecule has 3 atom stereocenters. The SMILES string of the molecule is C1=CC2c3ccccc3-c3ccc(-c4ccc(N(C5=CCC(c6cc7c8ccccc8n8c9ccccc9c(c6)c78)C=C5)c5ccc(-n6c7ccccc7c7ccccc76)cc5)cc4)cc3C2C=C1. The van der Waals surface area contributed by atoms with Gasteiger partial charge in [-0.25, -0.2) is 0 Å². The monoisotopic (exact) mass is 879 g/mol. The average molecular weight is 880 g/mol. The Morgan fingerprint density at radius 2 is 0.942 bits per heavy atom. The molecule has 3 aromatic heterocycles. The molecule has 0 amide bonds. The Kier molecular flexibility index (Phi) is 8.31. The second-order valence-corrected chi connectivity index (χ2v) is 19.1. The van der Waals surface area contributed by atoms with E-state index < -0.39 is 0 Å². The Morgan fingerprint density at radius 1 is 0.420 bits per heavy atom. The highest BCUT2D eigenvalue weighted by molar-refractivity contribution is 6.23. The van der Waals surface area contributed by atoms with Crippen LogP contribution in [0.3, 0.4) is 0 Å². The van der Waals surface area contributed by atoms with Crippen LogP contribution in [0.1, 0.15) is 40.9 Å². The summed E-state index contributed by atoms with van der Waals surface area (Å²) < 4.78 is 4.86. The van der Waals surface area contributed by atoms with E-state index in [-0.39, 0.29) is 5.92 Å². The van der Waals surface area contributed by atoms with Gasteiger partial charge < -0.3 is 13.9 Å². The maximum Gasteiger partial charge on any atom is 0.0620 e. The van der Waals surface area contributed by atoms with Crippen LogP contribution in [0.15, 0.2) is 248 Å². The van der Waals surface area contributed by atoms with Gasteiger partial charge in [-0.15, -0.1) is 0 Å². The largest absolute Gasteiger partial charge is 0.311 e. The summed E-state index contributed by atoms with van der Waals surface area (Å²) in [6, 6.07) is 74.6. The minimum absolute atomic E-state index is 0.247. The summed E-state index contributed by atoms with van der Waals surface area (Å²) in [4.78, 5) is 2.44. The summed E-state index contributed by atoms with van der Waals surface area (Å²) in [6.07, 6.45) is 17.3. The number of hydrogen-bond donors (Lipinski definition) is 0. The number of fused-ring (bicyclic) bond motifs is 15. The smallest absolute Gasteiger partial charge is 0.0620 e. The molecule has 0 N–H and O–H groups in total. The minimum Gasteiger partial charge on any atom is -0.311 e. The Labute approximate surface area is 400 Å². The summed E-state index contributed by atoms with van der Waals surface area (Å²) in [5, 5.41) is 7.83. The van der Waals surface area contributed by atoms with Crippen molar-refractivity contribution in [2.75, 3.05) is 4.90 Å². The molecule has 0 saturated heterocycles. The van der Waals surface area contributed by atoms with Gasteiger partial charge in [-0.2, -0.15) is 0 Å². The minimum atomic E-state index is 0.247. The lowest BCUT2D eigenvalue weighted by Crippen LogP contribution is -2.17. The van der Waals surface area contributed by atoms with E-state index >= 15 is 0 Å². The molecule has 0 fully saturated rings. The van der Waals surface area contributed by atoms with Gasteiger partial charge in [0.2, 0.25) is 0 Å². The van der Waals surface area contributed by atoms with Crippen LogP contribution in [0.2, 0.25) is 0 Å². The van der Waals surface area contributed by atoms with Crippen LogP contribution < -0.4 is 4.90 Å². The molecule has 9 aromatic carbocycles. The second kappa shape index (κ2) is 14.9. The first kappa shape index (κ1) is 38.4. The third-order valence-corrected chi connectivity index (χ3v) is 15.6. The summed E-state index contributed by atoms with van der Waals surface area (Å²) in [7, 11) is 0. The van der Waals surface area contributed by atoms with E-state index in [2.05, 4.69) is 257 Å². The fourth-order valence-electron chi connectivity index (χ4n) is 12.4. The molecule has 3 aliphatic rings. The lowest BCUT2D eigenvalue weighted by Gasteiger charge is -2.34. The first-order valence-electron chi connectivity index (χ1n) is 24.4. The molecule has 324 valence electrons. The summed E-state index contributed by atoms with van der Waals surface area (Å²) in [5.41, 5.74) is 20.2. The van der Waals surface area contributed by atoms with E-state index in [1.54, 1.807) is 0 Å². The Hall–Kier alpha value is -8.66. The molecule has 12 aromatic rings. The summed E-state index contributed by atoms with van der Waals surface area (Å²) >= 11 is 0. The molecule has 0 saturated carbocycles. The standard InChI is InChI=1S/C66H45N3/c1-2-15-52-50(13-1)51-14-3-4-16-53(51)59-39-44(29-38-54(52)59)42-25-30-46(31-26-42)67(48-34-36-49(37-35-48)68-62-21-9-5-17-55(62)56-18-6-10-22-63(56)68)47-32-27-43(28-33-47)45-40-60-57-19-7-11-23-64(57)69-65-24-12-8-20-58(65)61(41-45)66(60)69/h1-27,29-41,43,51,53H,28H2. The second-order valence-electron chi connectivity index (χ2n) is 19.1. The van der Waals surface area contributed by atoms with Gasteiger partial charge in [-0.05, 0) is 130 Å². The van der Waals surface area contributed by atoms with E-state index in [1.807, 2.05) is 0 Å². The fraction of sp³-hybridized carbons (Fsp3) is 0.0606. The average Bonchev–Trinajstić information content (AvgIpc) is 4.07. The van der Waals surface area contributed by atoms with E-state index in [0.717, 1.165) is 23.5 Å². The lowest BCUT2D eigenvalue weighted by atomic mass is 9.69. The zero-order valence-electron chi connectivity index (χ0n) is 37.9. The molecule has 69 heavy (non-hydrogen) atoms. The zero-order chi connectivity index (χ0) is 45.2. The van der Waals surface area contributed by atoms with Crippen LogP contribution >= 0.6 is 0 Å². The first-order chi connectivity index (χ1) is 34.2. The van der Waals surface area contributed by atoms with Crippen molar-refractivity contribution in [3.63, 3.8) is 0 Å². The third kappa shape index (κ3) is 5.74. The maximum absolute atomic E-state index is 2.47. The highest BCUT2D eigenvalue weighted by Gasteiger charge is 2.32. The van der Waals surface area contributed by atoms with E-state index in [1.165, 1.54) is 105 Å². The number of nitrogens with zero attached hydrogens (tertiary/aromatic N) is 3. The van der Waals surface area contributed by atoms with Gasteiger partial charge in [0.05, 0.1) is 27.6 Å². The number of hydrogen-bond acceptors (Lipinski definition) is 1. The van der Waals surface area contributed by atoms with Crippen molar-refractivity contribution >= 4 is 71.3 Å². The summed E-state index contributed by atoms with van der Waals surface area (Å²) in [5.74, 6) is 0.926. The zero-order valence-corrected chi connectivity index (χ0v) is 37.9. The molecular formula is C66H45N3. The molecule has 0 bridgehead atoms. The molecule has 0 spiro atoms. The molecule has 0 radical (unpaired) electrons. The van der Waals surface area contributed by atoms with Crippen LogP contribution in [0.5, 0.6) is 0 Å². The first-order valence-corrected chi connectivity index (χ1v) is 24.4. The van der Waals surface area contributed by atoms with Crippen LogP contribution in [0.4, 0.5) is 11.4 Å². The lowest BCUT2D eigenvalue weighted by molar-refractivity contribution is 0.720. The van der Waals surface area contributed by atoms with Gasteiger partial charge in [0.15, 0.2) is 0 Å². The normalized spacial score (nSPS) is 17.3. The van der Waals surface area contributed by atoms with Crippen LogP contribution in [0, 0.1) is 0 Å². The molecular weight excluding hydrogens is 835 g/mol. The molecule has 3 heteroatoms. The molecule has 3 heterocycles. The number of benzene rings is 9. The van der Waals surface area contributed by atoms with E-state index in [9.17, 15) is 0 Å². The van der Waals surface area contributed by atoms with Gasteiger partial charge in [0.25, 0.3) is 0 Å². The molecule has 0 aliphatic heterocycles. The number of anilines is 2. The number of aromatic nitrogens is 2. The van der Waals surface area contributed by atoms with E-state index in [4.69, 9.17) is 0 Å². The van der Waals surface area contributed by atoms with Crippen molar-refractivity contribution in [2.24, 2.45) is 0 Å². The Bertz CT molecular complexity index is 4040. The van der Waals surface area contributed by atoms with Crippen LogP contribution in [-0.2, 0) is 0 Å². The highest BCUT2D eigenvalue weighted by Crippen LogP contribution is 2.51. The highest BCUT2D eigenvalue weighted by atomic mass is 15.1. The Morgan fingerprint density at radius 3 is 1.57 bits per heavy atom. The van der Waals surface area contributed by atoms with Crippen molar-refractivity contribution in [1.82, 2.24) is 8.97 Å². The molecule has 3 nitrogen and oxygen atoms in total. The quantitative estimate of drug-likeness (QED) is 0.162. The number of allylic oxidation sites excluding steroid dienone is 7. The van der Waals surface area contributed by atoms with Crippen LogP contribution in [0.25, 0.3) is 87.8 Å². The van der Waals surface area contributed by atoms with Gasteiger partial charge in [-0.3, -0.25) is 0 Å². The van der Waals surface area contributed by atoms with Gasteiger partial charge in [0, 0.05) is 72.8 Å². The third-order valence-electron chi connectivity index (χ3n) is 15.6. The predicted molar refractivity (Wildman–Crippen MR) is 290 cm³/mol. The predicted octanol–water partition coefficient (Wildman–Crippen LogP) is 17.3.